The summed E-state index contributed by atoms with van der Waals surface area (Å²) >= 11 is 0. The number of allylic oxidation sites excluding steroid dienone is 1. The minimum Gasteiger partial charge on any atom is -0.507 e. The molecular formula is C23H17F3O3. The highest BCUT2D eigenvalue weighted by molar-refractivity contribution is 6.08. The predicted molar refractivity (Wildman–Crippen MR) is 104 cm³/mol. The number of phenolic OH excluding ortho intramolecular Hbond substituents is 1. The van der Waals surface area contributed by atoms with Crippen LogP contribution in [0.2, 0.25) is 0 Å². The van der Waals surface area contributed by atoms with E-state index in [1.807, 2.05) is 6.07 Å². The normalized spacial score (nSPS) is 11.6. The van der Waals surface area contributed by atoms with Gasteiger partial charge in [-0.15, -0.1) is 0 Å². The molecule has 0 aromatic heterocycles. The van der Waals surface area contributed by atoms with Crippen molar-refractivity contribution in [1.82, 2.24) is 0 Å². The number of alkyl halides is 3. The zero-order valence-electron chi connectivity index (χ0n) is 15.2. The van der Waals surface area contributed by atoms with E-state index in [0.29, 0.717) is 0 Å². The first-order chi connectivity index (χ1) is 13.8. The second-order valence-electron chi connectivity index (χ2n) is 6.24. The zero-order valence-corrected chi connectivity index (χ0v) is 15.2. The number of hydrogen-bond donors (Lipinski definition) is 1. The molecule has 3 rings (SSSR count). The van der Waals surface area contributed by atoms with Gasteiger partial charge in [-0.3, -0.25) is 4.79 Å². The van der Waals surface area contributed by atoms with Crippen molar-refractivity contribution in [3.05, 3.63) is 101 Å². The Kier molecular flexibility index (Phi) is 6.02. The number of phenols is 1. The smallest absolute Gasteiger partial charge is 0.419 e. The van der Waals surface area contributed by atoms with Crippen molar-refractivity contribution >= 4 is 11.9 Å². The van der Waals surface area contributed by atoms with Crippen LogP contribution in [0.1, 0.15) is 27.0 Å². The molecule has 0 aliphatic heterocycles. The molecule has 0 atom stereocenters. The third-order valence-electron chi connectivity index (χ3n) is 4.14. The van der Waals surface area contributed by atoms with E-state index in [9.17, 15) is 23.1 Å². The van der Waals surface area contributed by atoms with Crippen LogP contribution in [0.5, 0.6) is 11.5 Å². The molecule has 0 saturated carbocycles. The van der Waals surface area contributed by atoms with Gasteiger partial charge in [0, 0.05) is 0 Å². The van der Waals surface area contributed by atoms with Crippen LogP contribution < -0.4 is 4.74 Å². The number of rotatable bonds is 6. The molecular weight excluding hydrogens is 381 g/mol. The maximum absolute atomic E-state index is 13.5. The summed E-state index contributed by atoms with van der Waals surface area (Å²) < 4.78 is 45.8. The molecule has 0 aliphatic carbocycles. The summed E-state index contributed by atoms with van der Waals surface area (Å²) in [6, 6.07) is 18.4. The first kappa shape index (κ1) is 20.2. The zero-order chi connectivity index (χ0) is 20.9. The highest BCUT2D eigenvalue weighted by Crippen LogP contribution is 2.37. The molecule has 0 unspecified atom stereocenters. The van der Waals surface area contributed by atoms with Gasteiger partial charge in [0.2, 0.25) is 0 Å². The largest absolute Gasteiger partial charge is 0.507 e. The molecule has 29 heavy (non-hydrogen) atoms. The van der Waals surface area contributed by atoms with Crippen molar-refractivity contribution in [2.24, 2.45) is 0 Å². The van der Waals surface area contributed by atoms with Crippen LogP contribution in [0.25, 0.3) is 6.08 Å². The Labute approximate surface area is 165 Å². The molecule has 0 bridgehead atoms. The fraction of sp³-hybridized carbons (Fsp3) is 0.0870. The molecule has 0 fully saturated rings. The molecule has 3 nitrogen and oxygen atoms in total. The van der Waals surface area contributed by atoms with Gasteiger partial charge in [-0.2, -0.15) is 13.2 Å². The Hall–Kier alpha value is -3.54. The molecule has 3 aromatic carbocycles. The minimum absolute atomic E-state index is 0.00484. The van der Waals surface area contributed by atoms with Gasteiger partial charge in [-0.25, -0.2) is 0 Å². The van der Waals surface area contributed by atoms with Crippen molar-refractivity contribution in [2.75, 3.05) is 0 Å². The molecule has 148 valence electrons. The van der Waals surface area contributed by atoms with Crippen molar-refractivity contribution in [2.45, 2.75) is 12.8 Å². The van der Waals surface area contributed by atoms with Crippen LogP contribution in [0, 0.1) is 0 Å². The number of benzene rings is 3. The molecule has 0 saturated heterocycles. The van der Waals surface area contributed by atoms with Crippen LogP contribution >= 0.6 is 0 Å². The fourth-order valence-electron chi connectivity index (χ4n) is 2.68. The number of aromatic hydroxyl groups is 1. The quantitative estimate of drug-likeness (QED) is 0.416. The van der Waals surface area contributed by atoms with Crippen molar-refractivity contribution < 1.29 is 27.8 Å². The third-order valence-corrected chi connectivity index (χ3v) is 4.14. The molecule has 0 amide bonds. The van der Waals surface area contributed by atoms with Crippen molar-refractivity contribution in [3.63, 3.8) is 0 Å². The number of ether oxygens (including phenoxy) is 1. The highest BCUT2D eigenvalue weighted by Gasteiger charge is 2.34. The summed E-state index contributed by atoms with van der Waals surface area (Å²) in [5, 5.41) is 9.70. The van der Waals surface area contributed by atoms with E-state index in [0.717, 1.165) is 17.7 Å². The van der Waals surface area contributed by atoms with E-state index in [2.05, 4.69) is 0 Å². The van der Waals surface area contributed by atoms with Gasteiger partial charge >= 0.3 is 6.18 Å². The monoisotopic (exact) mass is 398 g/mol. The van der Waals surface area contributed by atoms with Gasteiger partial charge < -0.3 is 9.84 Å². The summed E-state index contributed by atoms with van der Waals surface area (Å²) in [5.74, 6) is -0.991. The lowest BCUT2D eigenvalue weighted by molar-refractivity contribution is -0.139. The van der Waals surface area contributed by atoms with Gasteiger partial charge in [0.1, 0.15) is 18.1 Å². The Morgan fingerprint density at radius 2 is 1.66 bits per heavy atom. The number of carbonyl (C=O) groups is 1. The Morgan fingerprint density at radius 3 is 2.34 bits per heavy atom. The van der Waals surface area contributed by atoms with Crippen LogP contribution in [0.15, 0.2) is 78.9 Å². The van der Waals surface area contributed by atoms with E-state index in [1.165, 1.54) is 30.3 Å². The van der Waals surface area contributed by atoms with Gasteiger partial charge in [0.15, 0.2) is 5.78 Å². The van der Waals surface area contributed by atoms with Crippen LogP contribution in [-0.2, 0) is 12.8 Å². The first-order valence-corrected chi connectivity index (χ1v) is 8.73. The Bertz CT molecular complexity index is 1030. The molecule has 0 heterocycles. The van der Waals surface area contributed by atoms with Gasteiger partial charge in [-0.1, -0.05) is 54.6 Å². The minimum atomic E-state index is -4.61. The second-order valence-corrected chi connectivity index (χ2v) is 6.24. The third kappa shape index (κ3) is 5.25. The summed E-state index contributed by atoms with van der Waals surface area (Å²) in [6.07, 6.45) is -2.22. The number of halogens is 3. The lowest BCUT2D eigenvalue weighted by Crippen LogP contribution is -2.09. The Balaban J connectivity index is 1.82. The second kappa shape index (κ2) is 8.65. The van der Waals surface area contributed by atoms with Crippen molar-refractivity contribution in [1.29, 1.82) is 0 Å². The van der Waals surface area contributed by atoms with E-state index in [1.54, 1.807) is 36.4 Å². The van der Waals surface area contributed by atoms with Gasteiger partial charge in [-0.05, 0) is 41.5 Å². The summed E-state index contributed by atoms with van der Waals surface area (Å²) in [4.78, 5) is 12.2. The highest BCUT2D eigenvalue weighted by atomic mass is 19.4. The summed E-state index contributed by atoms with van der Waals surface area (Å²) in [6.45, 7) is 0.00484. The van der Waals surface area contributed by atoms with Crippen LogP contribution in [0.3, 0.4) is 0 Å². The number of hydrogen-bond acceptors (Lipinski definition) is 3. The molecule has 0 spiro atoms. The maximum atomic E-state index is 13.5. The number of para-hydroxylation sites is 1. The average molecular weight is 398 g/mol. The van der Waals surface area contributed by atoms with Crippen LogP contribution in [0.4, 0.5) is 13.2 Å². The summed E-state index contributed by atoms with van der Waals surface area (Å²) in [7, 11) is 0. The molecule has 6 heteroatoms. The lowest BCUT2D eigenvalue weighted by Gasteiger charge is -2.15. The van der Waals surface area contributed by atoms with Gasteiger partial charge in [0.05, 0.1) is 11.1 Å². The number of carbonyl (C=O) groups excluding carboxylic acids is 1. The number of ketones is 1. The van der Waals surface area contributed by atoms with E-state index < -0.39 is 17.5 Å². The predicted octanol–water partition coefficient (Wildman–Crippen LogP) is 5.89. The van der Waals surface area contributed by atoms with E-state index >= 15 is 0 Å². The van der Waals surface area contributed by atoms with E-state index in [4.69, 9.17) is 4.74 Å². The van der Waals surface area contributed by atoms with E-state index in [-0.39, 0.29) is 29.2 Å². The first-order valence-electron chi connectivity index (χ1n) is 8.73. The maximum Gasteiger partial charge on any atom is 0.419 e. The standard InChI is InChI=1S/C23H17F3O3/c24-23(25,26)19-14-16(10-12-21(28)18-8-4-5-9-20(18)27)11-13-22(19)29-15-17-6-2-1-3-7-17/h1-14,27H,15H2/b12-10+. The van der Waals surface area contributed by atoms with Gasteiger partial charge in [0.25, 0.3) is 0 Å². The lowest BCUT2D eigenvalue weighted by atomic mass is 10.1. The summed E-state index contributed by atoms with van der Waals surface area (Å²) in [5.41, 5.74) is 0.0826. The Morgan fingerprint density at radius 1 is 0.966 bits per heavy atom. The van der Waals surface area contributed by atoms with Crippen LogP contribution in [-0.4, -0.2) is 10.9 Å². The van der Waals surface area contributed by atoms with Crippen molar-refractivity contribution in [3.8, 4) is 11.5 Å². The molecule has 0 radical (unpaired) electrons. The molecule has 3 aromatic rings. The topological polar surface area (TPSA) is 46.5 Å². The SMILES string of the molecule is O=C(/C=C/c1ccc(OCc2ccccc2)c(C(F)(F)F)c1)c1ccccc1O. The molecule has 0 aliphatic rings. The molecule has 1 N–H and O–H groups in total. The fourth-order valence-corrected chi connectivity index (χ4v) is 2.68. The average Bonchev–Trinajstić information content (AvgIpc) is 2.71.